The van der Waals surface area contributed by atoms with Gasteiger partial charge in [-0.1, -0.05) is 12.1 Å². The van der Waals surface area contributed by atoms with Crippen molar-refractivity contribution in [3.63, 3.8) is 0 Å². The van der Waals surface area contributed by atoms with Crippen molar-refractivity contribution in [2.24, 2.45) is 0 Å². The molecule has 22 heavy (non-hydrogen) atoms. The highest BCUT2D eigenvalue weighted by Crippen LogP contribution is 2.28. The van der Waals surface area contributed by atoms with Gasteiger partial charge < -0.3 is 20.7 Å². The number of nitrogens with two attached hydrogens (primary N) is 1. The Morgan fingerprint density at radius 2 is 1.95 bits per heavy atom. The number of anilines is 1. The van der Waals surface area contributed by atoms with E-state index in [1.54, 1.807) is 4.90 Å². The van der Waals surface area contributed by atoms with Gasteiger partial charge in [0, 0.05) is 24.8 Å². The lowest BCUT2D eigenvalue weighted by Gasteiger charge is -2.45. The summed E-state index contributed by atoms with van der Waals surface area (Å²) in [6.45, 7) is 11.1. The summed E-state index contributed by atoms with van der Waals surface area (Å²) in [7, 11) is 0. The van der Waals surface area contributed by atoms with E-state index in [1.165, 1.54) is 0 Å². The smallest absolute Gasteiger partial charge is 0.410 e. The van der Waals surface area contributed by atoms with Crippen LogP contribution in [0.1, 0.15) is 40.2 Å². The standard InChI is InChI=1S/C17H27N3O2/c1-12-10-19-17(5,13-6-8-14(18)9-7-13)11-20(12)15(21)22-16(2,3)4/h6-9,12,19H,10-11,18H2,1-5H3/t12-,17-/m0/s1. The maximum absolute atomic E-state index is 12.5. The van der Waals surface area contributed by atoms with Gasteiger partial charge >= 0.3 is 6.09 Å². The molecule has 1 aliphatic heterocycles. The second-order valence-corrected chi connectivity index (χ2v) is 7.29. The minimum Gasteiger partial charge on any atom is -0.444 e. The molecule has 0 spiro atoms. The molecule has 2 atom stereocenters. The van der Waals surface area contributed by atoms with Crippen molar-refractivity contribution >= 4 is 11.8 Å². The minimum absolute atomic E-state index is 0.0942. The first-order chi connectivity index (χ1) is 10.1. The van der Waals surface area contributed by atoms with E-state index in [4.69, 9.17) is 10.5 Å². The van der Waals surface area contributed by atoms with E-state index in [1.807, 2.05) is 52.0 Å². The highest BCUT2D eigenvalue weighted by atomic mass is 16.6. The van der Waals surface area contributed by atoms with Crippen LogP contribution in [0.2, 0.25) is 0 Å². The molecular weight excluding hydrogens is 278 g/mol. The van der Waals surface area contributed by atoms with Crippen molar-refractivity contribution in [1.82, 2.24) is 10.2 Å². The Balaban J connectivity index is 2.19. The summed E-state index contributed by atoms with van der Waals surface area (Å²) in [5.74, 6) is 0. The summed E-state index contributed by atoms with van der Waals surface area (Å²) < 4.78 is 5.54. The number of amides is 1. The Labute approximate surface area is 132 Å². The molecule has 122 valence electrons. The number of carbonyl (C=O) groups excluding carboxylic acids is 1. The SMILES string of the molecule is C[C@H]1CN[C@](C)(c2ccc(N)cc2)CN1C(=O)OC(C)(C)C. The van der Waals surface area contributed by atoms with Crippen LogP contribution in [0.15, 0.2) is 24.3 Å². The van der Waals surface area contributed by atoms with Gasteiger partial charge in [0.15, 0.2) is 0 Å². The van der Waals surface area contributed by atoms with Crippen molar-refractivity contribution in [2.45, 2.75) is 51.8 Å². The predicted octanol–water partition coefficient (Wildman–Crippen LogP) is 2.71. The molecule has 5 heteroatoms. The molecule has 0 bridgehead atoms. The van der Waals surface area contributed by atoms with Crippen LogP contribution in [0.25, 0.3) is 0 Å². The zero-order valence-corrected chi connectivity index (χ0v) is 14.1. The fourth-order valence-corrected chi connectivity index (χ4v) is 2.64. The fourth-order valence-electron chi connectivity index (χ4n) is 2.64. The molecule has 2 rings (SSSR count). The highest BCUT2D eigenvalue weighted by Gasteiger charge is 2.39. The topological polar surface area (TPSA) is 67.6 Å². The van der Waals surface area contributed by atoms with Crippen LogP contribution in [0.4, 0.5) is 10.5 Å². The molecule has 1 heterocycles. The monoisotopic (exact) mass is 305 g/mol. The second kappa shape index (κ2) is 5.80. The Morgan fingerprint density at radius 1 is 1.36 bits per heavy atom. The molecule has 1 amide bonds. The summed E-state index contributed by atoms with van der Waals surface area (Å²) >= 11 is 0. The number of hydrogen-bond donors (Lipinski definition) is 2. The molecule has 1 aromatic carbocycles. The van der Waals surface area contributed by atoms with E-state index in [9.17, 15) is 4.79 Å². The number of carbonyl (C=O) groups is 1. The minimum atomic E-state index is -0.487. The molecule has 1 fully saturated rings. The number of nitrogens with one attached hydrogen (secondary N) is 1. The Kier molecular flexibility index (Phi) is 4.38. The zero-order valence-electron chi connectivity index (χ0n) is 14.1. The summed E-state index contributed by atoms with van der Waals surface area (Å²) in [6, 6.07) is 7.88. The number of piperazine rings is 1. The van der Waals surface area contributed by atoms with Gasteiger partial charge in [-0.25, -0.2) is 4.79 Å². The summed E-state index contributed by atoms with van der Waals surface area (Å²) in [6.07, 6.45) is -0.261. The predicted molar refractivity (Wildman–Crippen MR) is 88.6 cm³/mol. The van der Waals surface area contributed by atoms with Gasteiger partial charge in [-0.2, -0.15) is 0 Å². The van der Waals surface area contributed by atoms with Crippen LogP contribution < -0.4 is 11.1 Å². The molecule has 0 aromatic heterocycles. The lowest BCUT2D eigenvalue weighted by Crippen LogP contribution is -2.62. The van der Waals surface area contributed by atoms with Crippen molar-refractivity contribution in [1.29, 1.82) is 0 Å². The van der Waals surface area contributed by atoms with Gasteiger partial charge in [0.05, 0.1) is 5.54 Å². The lowest BCUT2D eigenvalue weighted by molar-refractivity contribution is 0.00145. The Morgan fingerprint density at radius 3 is 2.50 bits per heavy atom. The van der Waals surface area contributed by atoms with E-state index in [0.29, 0.717) is 6.54 Å². The quantitative estimate of drug-likeness (QED) is 0.783. The molecular formula is C17H27N3O2. The van der Waals surface area contributed by atoms with Crippen molar-refractivity contribution in [2.75, 3.05) is 18.8 Å². The maximum Gasteiger partial charge on any atom is 0.410 e. The molecule has 1 aliphatic rings. The molecule has 0 aliphatic carbocycles. The maximum atomic E-state index is 12.5. The normalized spacial score (nSPS) is 25.9. The highest BCUT2D eigenvalue weighted by molar-refractivity contribution is 5.69. The average Bonchev–Trinajstić information content (AvgIpc) is 2.40. The third-order valence-corrected chi connectivity index (χ3v) is 3.98. The number of nitrogens with zero attached hydrogens (tertiary/aromatic N) is 1. The number of rotatable bonds is 1. The molecule has 3 N–H and O–H groups in total. The van der Waals surface area contributed by atoms with E-state index >= 15 is 0 Å². The van der Waals surface area contributed by atoms with Gasteiger partial charge in [-0.15, -0.1) is 0 Å². The van der Waals surface area contributed by atoms with Crippen LogP contribution in [0, 0.1) is 0 Å². The number of hydrogen-bond acceptors (Lipinski definition) is 4. The molecule has 1 saturated heterocycles. The average molecular weight is 305 g/mol. The van der Waals surface area contributed by atoms with Crippen LogP contribution in [-0.4, -0.2) is 35.7 Å². The van der Waals surface area contributed by atoms with Crippen molar-refractivity contribution in [3.8, 4) is 0 Å². The Bertz CT molecular complexity index is 536. The number of nitrogen functional groups attached to an aromatic ring is 1. The van der Waals surface area contributed by atoms with Gasteiger partial charge in [0.25, 0.3) is 0 Å². The molecule has 0 unspecified atom stereocenters. The largest absolute Gasteiger partial charge is 0.444 e. The summed E-state index contributed by atoms with van der Waals surface area (Å²) in [5.41, 5.74) is 6.82. The van der Waals surface area contributed by atoms with Crippen molar-refractivity contribution < 1.29 is 9.53 Å². The molecule has 1 aromatic rings. The zero-order chi connectivity index (χ0) is 16.5. The molecule has 5 nitrogen and oxygen atoms in total. The number of benzene rings is 1. The first kappa shape index (κ1) is 16.6. The second-order valence-electron chi connectivity index (χ2n) is 7.29. The van der Waals surface area contributed by atoms with Crippen LogP contribution >= 0.6 is 0 Å². The lowest BCUT2D eigenvalue weighted by atomic mass is 9.88. The third kappa shape index (κ3) is 3.71. The first-order valence-electron chi connectivity index (χ1n) is 7.71. The van der Waals surface area contributed by atoms with Gasteiger partial charge in [0.2, 0.25) is 0 Å². The van der Waals surface area contributed by atoms with E-state index in [2.05, 4.69) is 12.2 Å². The van der Waals surface area contributed by atoms with Crippen LogP contribution in [0.5, 0.6) is 0 Å². The summed E-state index contributed by atoms with van der Waals surface area (Å²) in [5, 5.41) is 3.54. The van der Waals surface area contributed by atoms with Crippen LogP contribution in [0.3, 0.4) is 0 Å². The van der Waals surface area contributed by atoms with Crippen molar-refractivity contribution in [3.05, 3.63) is 29.8 Å². The molecule has 0 radical (unpaired) electrons. The van der Waals surface area contributed by atoms with Gasteiger partial charge in [0.1, 0.15) is 5.60 Å². The Hall–Kier alpha value is -1.75. The number of ether oxygens (including phenoxy) is 1. The fraction of sp³-hybridized carbons (Fsp3) is 0.588. The van der Waals surface area contributed by atoms with Gasteiger partial charge in [-0.3, -0.25) is 0 Å². The first-order valence-corrected chi connectivity index (χ1v) is 7.71. The van der Waals surface area contributed by atoms with E-state index in [-0.39, 0.29) is 17.7 Å². The van der Waals surface area contributed by atoms with E-state index < -0.39 is 5.60 Å². The van der Waals surface area contributed by atoms with Gasteiger partial charge in [-0.05, 0) is 52.3 Å². The third-order valence-electron chi connectivity index (χ3n) is 3.98. The van der Waals surface area contributed by atoms with E-state index in [0.717, 1.165) is 17.8 Å². The molecule has 0 saturated carbocycles. The summed E-state index contributed by atoms with van der Waals surface area (Å²) in [4.78, 5) is 14.3. The van der Waals surface area contributed by atoms with Crippen LogP contribution in [-0.2, 0) is 10.3 Å².